The van der Waals surface area contributed by atoms with Gasteiger partial charge in [-0.15, -0.1) is 11.3 Å². The van der Waals surface area contributed by atoms with Crippen molar-refractivity contribution in [2.75, 3.05) is 0 Å². The van der Waals surface area contributed by atoms with Crippen molar-refractivity contribution in [3.8, 4) is 11.3 Å². The lowest BCUT2D eigenvalue weighted by atomic mass is 10.1. The van der Waals surface area contributed by atoms with E-state index in [1.54, 1.807) is 5.51 Å². The van der Waals surface area contributed by atoms with Crippen LogP contribution >= 0.6 is 11.3 Å². The Kier molecular flexibility index (Phi) is 4.30. The van der Waals surface area contributed by atoms with Crippen molar-refractivity contribution in [3.05, 3.63) is 76.6 Å². The summed E-state index contributed by atoms with van der Waals surface area (Å²) in [5, 5.41) is 3.04. The zero-order valence-electron chi connectivity index (χ0n) is 12.2. The highest BCUT2D eigenvalue weighted by Crippen LogP contribution is 2.25. The van der Waals surface area contributed by atoms with E-state index >= 15 is 0 Å². The number of benzene rings is 2. The molecule has 3 rings (SSSR count). The molecule has 0 fully saturated rings. The molecule has 1 aromatic heterocycles. The summed E-state index contributed by atoms with van der Waals surface area (Å²) < 4.78 is 0. The fourth-order valence-electron chi connectivity index (χ4n) is 2.30. The highest BCUT2D eigenvalue weighted by molar-refractivity contribution is 7.12. The van der Waals surface area contributed by atoms with Gasteiger partial charge in [-0.05, 0) is 12.5 Å². The number of aromatic nitrogens is 1. The lowest BCUT2D eigenvalue weighted by Crippen LogP contribution is -2.26. The van der Waals surface area contributed by atoms with E-state index in [-0.39, 0.29) is 11.9 Å². The first-order chi connectivity index (χ1) is 10.8. The minimum absolute atomic E-state index is 0.0422. The fourth-order valence-corrected chi connectivity index (χ4v) is 3.01. The molecule has 2 aromatic carbocycles. The van der Waals surface area contributed by atoms with Gasteiger partial charge in [-0.3, -0.25) is 4.79 Å². The van der Waals surface area contributed by atoms with E-state index in [2.05, 4.69) is 10.3 Å². The summed E-state index contributed by atoms with van der Waals surface area (Å²) in [5.41, 5.74) is 4.50. The number of hydrogen-bond donors (Lipinski definition) is 1. The van der Waals surface area contributed by atoms with Crippen molar-refractivity contribution in [3.63, 3.8) is 0 Å². The Hall–Kier alpha value is -2.46. The molecule has 1 amide bonds. The molecule has 0 saturated carbocycles. The Morgan fingerprint density at radius 3 is 2.36 bits per heavy atom. The van der Waals surface area contributed by atoms with Crippen LogP contribution in [0.5, 0.6) is 0 Å². The Morgan fingerprint density at radius 2 is 1.68 bits per heavy atom. The van der Waals surface area contributed by atoms with Crippen molar-refractivity contribution in [1.29, 1.82) is 0 Å². The maximum absolute atomic E-state index is 12.5. The van der Waals surface area contributed by atoms with Crippen LogP contribution in [0.4, 0.5) is 0 Å². The predicted molar refractivity (Wildman–Crippen MR) is 89.9 cm³/mol. The minimum Gasteiger partial charge on any atom is -0.345 e. The number of nitrogens with one attached hydrogen (secondary N) is 1. The molecule has 1 N–H and O–H groups in total. The lowest BCUT2D eigenvalue weighted by Gasteiger charge is -2.14. The molecular weight excluding hydrogens is 292 g/mol. The zero-order valence-corrected chi connectivity index (χ0v) is 13.0. The molecule has 0 aliphatic rings. The van der Waals surface area contributed by atoms with Crippen molar-refractivity contribution in [1.82, 2.24) is 10.3 Å². The van der Waals surface area contributed by atoms with E-state index in [0.29, 0.717) is 4.88 Å². The third-order valence-corrected chi connectivity index (χ3v) is 4.29. The normalized spacial score (nSPS) is 11.9. The summed E-state index contributed by atoms with van der Waals surface area (Å²) in [5.74, 6) is -0.0855. The first-order valence-electron chi connectivity index (χ1n) is 7.10. The van der Waals surface area contributed by atoms with Gasteiger partial charge in [0, 0.05) is 5.56 Å². The highest BCUT2D eigenvalue weighted by Gasteiger charge is 2.18. The number of amides is 1. The number of thiazole rings is 1. The van der Waals surface area contributed by atoms with Crippen LogP contribution in [-0.2, 0) is 0 Å². The van der Waals surface area contributed by atoms with Gasteiger partial charge in [0.25, 0.3) is 5.91 Å². The Labute approximate surface area is 133 Å². The van der Waals surface area contributed by atoms with Gasteiger partial charge < -0.3 is 5.32 Å². The summed E-state index contributed by atoms with van der Waals surface area (Å²) >= 11 is 1.37. The largest absolute Gasteiger partial charge is 0.345 e. The van der Waals surface area contributed by atoms with E-state index < -0.39 is 0 Å². The average molecular weight is 308 g/mol. The van der Waals surface area contributed by atoms with Crippen molar-refractivity contribution < 1.29 is 4.79 Å². The van der Waals surface area contributed by atoms with Crippen molar-refractivity contribution in [2.24, 2.45) is 0 Å². The third kappa shape index (κ3) is 3.07. The predicted octanol–water partition coefficient (Wildman–Crippen LogP) is 4.30. The topological polar surface area (TPSA) is 42.0 Å². The second-order valence-electron chi connectivity index (χ2n) is 5.00. The summed E-state index contributed by atoms with van der Waals surface area (Å²) in [6, 6.07) is 19.7. The van der Waals surface area contributed by atoms with Gasteiger partial charge in [0.05, 0.1) is 17.2 Å². The summed E-state index contributed by atoms with van der Waals surface area (Å²) in [6.45, 7) is 1.98. The van der Waals surface area contributed by atoms with E-state index in [0.717, 1.165) is 16.8 Å². The Balaban J connectivity index is 1.81. The lowest BCUT2D eigenvalue weighted by molar-refractivity contribution is 0.0944. The zero-order chi connectivity index (χ0) is 15.4. The molecule has 4 heteroatoms. The van der Waals surface area contributed by atoms with Crippen LogP contribution in [0, 0.1) is 0 Å². The number of nitrogens with zero attached hydrogens (tertiary/aromatic N) is 1. The summed E-state index contributed by atoms with van der Waals surface area (Å²) in [6.07, 6.45) is 0. The molecule has 1 heterocycles. The van der Waals surface area contributed by atoms with Crippen LogP contribution < -0.4 is 5.32 Å². The van der Waals surface area contributed by atoms with Gasteiger partial charge in [0.15, 0.2) is 0 Å². The molecule has 0 spiro atoms. The maximum atomic E-state index is 12.5. The van der Waals surface area contributed by atoms with Crippen LogP contribution in [0.1, 0.15) is 28.2 Å². The van der Waals surface area contributed by atoms with Crippen LogP contribution in [-0.4, -0.2) is 10.9 Å². The summed E-state index contributed by atoms with van der Waals surface area (Å²) in [4.78, 5) is 17.5. The van der Waals surface area contributed by atoms with Gasteiger partial charge in [-0.25, -0.2) is 4.98 Å². The quantitative estimate of drug-likeness (QED) is 0.780. The smallest absolute Gasteiger partial charge is 0.264 e. The number of hydrogen-bond acceptors (Lipinski definition) is 3. The monoisotopic (exact) mass is 308 g/mol. The first-order valence-corrected chi connectivity index (χ1v) is 7.98. The van der Waals surface area contributed by atoms with Gasteiger partial charge in [-0.1, -0.05) is 60.7 Å². The molecule has 1 unspecified atom stereocenters. The third-order valence-electron chi connectivity index (χ3n) is 3.47. The van der Waals surface area contributed by atoms with Gasteiger partial charge in [0.2, 0.25) is 0 Å². The molecule has 0 radical (unpaired) electrons. The Morgan fingerprint density at radius 1 is 1.05 bits per heavy atom. The molecule has 22 heavy (non-hydrogen) atoms. The molecule has 0 bridgehead atoms. The molecule has 110 valence electrons. The second-order valence-corrected chi connectivity index (χ2v) is 5.86. The van der Waals surface area contributed by atoms with Gasteiger partial charge in [-0.2, -0.15) is 0 Å². The highest BCUT2D eigenvalue weighted by atomic mass is 32.1. The van der Waals surface area contributed by atoms with E-state index in [1.807, 2.05) is 67.6 Å². The average Bonchev–Trinajstić information content (AvgIpc) is 3.06. The SMILES string of the molecule is CC(NC(=O)c1scnc1-c1ccccc1)c1ccccc1. The summed E-state index contributed by atoms with van der Waals surface area (Å²) in [7, 11) is 0. The van der Waals surface area contributed by atoms with E-state index in [4.69, 9.17) is 0 Å². The van der Waals surface area contributed by atoms with E-state index in [1.165, 1.54) is 11.3 Å². The standard InChI is InChI=1S/C18H16N2OS/c1-13(14-8-4-2-5-9-14)20-18(21)17-16(19-12-22-17)15-10-6-3-7-11-15/h2-13H,1H3,(H,20,21). The number of carbonyl (C=O) groups is 1. The van der Waals surface area contributed by atoms with Crippen LogP contribution in [0.2, 0.25) is 0 Å². The minimum atomic E-state index is -0.0855. The molecule has 3 nitrogen and oxygen atoms in total. The van der Waals surface area contributed by atoms with Crippen LogP contribution in [0.25, 0.3) is 11.3 Å². The number of carbonyl (C=O) groups excluding carboxylic acids is 1. The molecule has 0 saturated heterocycles. The molecule has 0 aliphatic heterocycles. The second kappa shape index (κ2) is 6.54. The molecular formula is C18H16N2OS. The van der Waals surface area contributed by atoms with Crippen LogP contribution in [0.15, 0.2) is 66.2 Å². The first kappa shape index (κ1) is 14.5. The van der Waals surface area contributed by atoms with Gasteiger partial charge in [0.1, 0.15) is 4.88 Å². The number of rotatable bonds is 4. The Bertz CT molecular complexity index is 753. The maximum Gasteiger partial charge on any atom is 0.264 e. The molecule has 3 aromatic rings. The fraction of sp³-hybridized carbons (Fsp3) is 0.111. The van der Waals surface area contributed by atoms with Crippen molar-refractivity contribution >= 4 is 17.2 Å². The molecule has 0 aliphatic carbocycles. The molecule has 1 atom stereocenters. The van der Waals surface area contributed by atoms with Gasteiger partial charge >= 0.3 is 0 Å². The van der Waals surface area contributed by atoms with Crippen molar-refractivity contribution in [2.45, 2.75) is 13.0 Å². The van der Waals surface area contributed by atoms with Crippen LogP contribution in [0.3, 0.4) is 0 Å². The van der Waals surface area contributed by atoms with E-state index in [9.17, 15) is 4.79 Å².